The number of benzene rings is 1. The molecule has 94 valence electrons. The summed E-state index contributed by atoms with van der Waals surface area (Å²) in [5.74, 6) is -0.0903. The lowest BCUT2D eigenvalue weighted by Crippen LogP contribution is -2.26. The smallest absolute Gasteiger partial charge is 0.258 e. The zero-order valence-electron chi connectivity index (χ0n) is 9.89. The molecule has 0 radical (unpaired) electrons. The Kier molecular flexibility index (Phi) is 3.72. The number of nitrogens with two attached hydrogens (primary N) is 1. The van der Waals surface area contributed by atoms with Crippen LogP contribution in [0.1, 0.15) is 15.9 Å². The molecule has 0 unspecified atom stereocenters. The van der Waals surface area contributed by atoms with Crippen LogP contribution in [0.2, 0.25) is 0 Å². The topological polar surface area (TPSA) is 59.5 Å². The molecule has 0 saturated carbocycles. The Hall–Kier alpha value is -1.75. The molecule has 2 aromatic rings. The first-order valence-corrected chi connectivity index (χ1v) is 6.20. The lowest BCUT2D eigenvalue weighted by molar-refractivity contribution is 0.0783. The molecule has 5 heteroatoms. The summed E-state index contributed by atoms with van der Waals surface area (Å²) in [4.78, 5) is 13.7. The van der Waals surface area contributed by atoms with E-state index in [-0.39, 0.29) is 5.91 Å². The van der Waals surface area contributed by atoms with Crippen molar-refractivity contribution in [2.75, 3.05) is 12.8 Å². The Morgan fingerprint density at radius 3 is 2.56 bits per heavy atom. The van der Waals surface area contributed by atoms with Crippen molar-refractivity contribution in [1.29, 1.82) is 0 Å². The number of carbonyl (C=O) groups excluding carboxylic acids is 1. The van der Waals surface area contributed by atoms with Crippen molar-refractivity contribution in [2.24, 2.45) is 0 Å². The molecule has 0 bridgehead atoms. The van der Waals surface area contributed by atoms with Crippen LogP contribution in [0.15, 0.2) is 45.7 Å². The van der Waals surface area contributed by atoms with Crippen molar-refractivity contribution in [3.63, 3.8) is 0 Å². The first-order valence-electron chi connectivity index (χ1n) is 5.41. The fraction of sp³-hybridized carbons (Fsp3) is 0.154. The number of halogens is 1. The predicted octanol–water partition coefficient (Wildman–Crippen LogP) is 2.90. The second-order valence-electron chi connectivity index (χ2n) is 4.01. The molecule has 2 rings (SSSR count). The minimum Gasteiger partial charge on any atom is -0.457 e. The number of anilines is 1. The number of hydrogen-bond acceptors (Lipinski definition) is 3. The molecule has 1 heterocycles. The van der Waals surface area contributed by atoms with Gasteiger partial charge in [-0.15, -0.1) is 0 Å². The molecule has 0 aliphatic carbocycles. The molecule has 0 saturated heterocycles. The highest BCUT2D eigenvalue weighted by atomic mass is 79.9. The number of carbonyl (C=O) groups is 1. The van der Waals surface area contributed by atoms with Crippen molar-refractivity contribution in [1.82, 2.24) is 4.90 Å². The molecule has 0 atom stereocenters. The van der Waals surface area contributed by atoms with Gasteiger partial charge in [0.15, 0.2) is 4.67 Å². The van der Waals surface area contributed by atoms with Gasteiger partial charge < -0.3 is 15.1 Å². The van der Waals surface area contributed by atoms with Gasteiger partial charge in [0, 0.05) is 19.3 Å². The standard InChI is InChI=1S/C13H13BrN2O2/c1-16(8-9-2-4-10(15)5-3-9)13(17)11-6-7-18-12(11)14/h2-7H,8,15H2,1H3. The van der Waals surface area contributed by atoms with Gasteiger partial charge in [-0.3, -0.25) is 4.79 Å². The highest BCUT2D eigenvalue weighted by molar-refractivity contribution is 9.10. The summed E-state index contributed by atoms with van der Waals surface area (Å²) in [5.41, 5.74) is 7.88. The average molecular weight is 309 g/mol. The third-order valence-electron chi connectivity index (χ3n) is 2.59. The van der Waals surface area contributed by atoms with Crippen molar-refractivity contribution >= 4 is 27.5 Å². The van der Waals surface area contributed by atoms with Gasteiger partial charge in [-0.05, 0) is 39.7 Å². The number of furan rings is 1. The second kappa shape index (κ2) is 5.27. The Morgan fingerprint density at radius 1 is 1.33 bits per heavy atom. The van der Waals surface area contributed by atoms with Gasteiger partial charge in [0.05, 0.1) is 11.8 Å². The van der Waals surface area contributed by atoms with Gasteiger partial charge in [0.2, 0.25) is 0 Å². The van der Waals surface area contributed by atoms with E-state index in [4.69, 9.17) is 10.2 Å². The van der Waals surface area contributed by atoms with E-state index in [9.17, 15) is 4.79 Å². The molecule has 4 nitrogen and oxygen atoms in total. The molecular weight excluding hydrogens is 296 g/mol. The van der Waals surface area contributed by atoms with Crippen LogP contribution in [0.5, 0.6) is 0 Å². The summed E-state index contributed by atoms with van der Waals surface area (Å²) in [7, 11) is 1.75. The summed E-state index contributed by atoms with van der Waals surface area (Å²) in [5, 5.41) is 0. The molecule has 2 N–H and O–H groups in total. The summed E-state index contributed by atoms with van der Waals surface area (Å²) < 4.78 is 5.51. The molecule has 1 aromatic heterocycles. The van der Waals surface area contributed by atoms with E-state index >= 15 is 0 Å². The van der Waals surface area contributed by atoms with Gasteiger partial charge in [0.1, 0.15) is 0 Å². The van der Waals surface area contributed by atoms with E-state index in [0.717, 1.165) is 5.56 Å². The van der Waals surface area contributed by atoms with Crippen LogP contribution in [0.3, 0.4) is 0 Å². The first kappa shape index (κ1) is 12.7. The average Bonchev–Trinajstić information content (AvgIpc) is 2.77. The van der Waals surface area contributed by atoms with E-state index in [2.05, 4.69) is 15.9 Å². The van der Waals surface area contributed by atoms with Gasteiger partial charge in [-0.25, -0.2) is 0 Å². The fourth-order valence-electron chi connectivity index (χ4n) is 1.62. The van der Waals surface area contributed by atoms with Crippen LogP contribution in [0.4, 0.5) is 5.69 Å². The fourth-order valence-corrected chi connectivity index (χ4v) is 2.03. The van der Waals surface area contributed by atoms with E-state index in [0.29, 0.717) is 22.5 Å². The quantitative estimate of drug-likeness (QED) is 0.887. The Bertz CT molecular complexity index is 548. The zero-order chi connectivity index (χ0) is 13.1. The minimum atomic E-state index is -0.0903. The summed E-state index contributed by atoms with van der Waals surface area (Å²) in [6.07, 6.45) is 1.48. The van der Waals surface area contributed by atoms with E-state index in [1.165, 1.54) is 6.26 Å². The molecule has 0 aliphatic heterocycles. The number of nitrogens with zero attached hydrogens (tertiary/aromatic N) is 1. The summed E-state index contributed by atoms with van der Waals surface area (Å²) in [6, 6.07) is 9.10. The third-order valence-corrected chi connectivity index (χ3v) is 3.21. The van der Waals surface area contributed by atoms with Crippen molar-refractivity contribution in [3.8, 4) is 0 Å². The number of rotatable bonds is 3. The maximum atomic E-state index is 12.1. The zero-order valence-corrected chi connectivity index (χ0v) is 11.5. The van der Waals surface area contributed by atoms with E-state index < -0.39 is 0 Å². The Morgan fingerprint density at radius 2 is 2.00 bits per heavy atom. The monoisotopic (exact) mass is 308 g/mol. The van der Waals surface area contributed by atoms with Gasteiger partial charge in [0.25, 0.3) is 5.91 Å². The van der Waals surface area contributed by atoms with E-state index in [1.807, 2.05) is 24.3 Å². The van der Waals surface area contributed by atoms with Crippen LogP contribution in [-0.2, 0) is 6.54 Å². The number of amides is 1. The maximum Gasteiger partial charge on any atom is 0.258 e. The molecule has 1 aromatic carbocycles. The highest BCUT2D eigenvalue weighted by Crippen LogP contribution is 2.19. The number of nitrogen functional groups attached to an aromatic ring is 1. The van der Waals surface area contributed by atoms with Crippen LogP contribution < -0.4 is 5.73 Å². The van der Waals surface area contributed by atoms with Crippen LogP contribution in [-0.4, -0.2) is 17.9 Å². The van der Waals surface area contributed by atoms with Gasteiger partial charge >= 0.3 is 0 Å². The lowest BCUT2D eigenvalue weighted by atomic mass is 10.2. The molecule has 0 spiro atoms. The van der Waals surface area contributed by atoms with E-state index in [1.54, 1.807) is 18.0 Å². The molecule has 0 fully saturated rings. The van der Waals surface area contributed by atoms with Crippen molar-refractivity contribution in [3.05, 3.63) is 52.4 Å². The SMILES string of the molecule is CN(Cc1ccc(N)cc1)C(=O)c1ccoc1Br. The molecule has 1 amide bonds. The number of hydrogen-bond donors (Lipinski definition) is 1. The molecular formula is C13H13BrN2O2. The third kappa shape index (κ3) is 2.73. The largest absolute Gasteiger partial charge is 0.457 e. The minimum absolute atomic E-state index is 0.0903. The summed E-state index contributed by atoms with van der Waals surface area (Å²) in [6.45, 7) is 0.525. The van der Waals surface area contributed by atoms with Crippen molar-refractivity contribution in [2.45, 2.75) is 6.54 Å². The highest BCUT2D eigenvalue weighted by Gasteiger charge is 2.17. The van der Waals surface area contributed by atoms with Crippen molar-refractivity contribution < 1.29 is 9.21 Å². The van der Waals surface area contributed by atoms with Gasteiger partial charge in [-0.1, -0.05) is 12.1 Å². The molecule has 0 aliphatic rings. The Labute approximate surface area is 114 Å². The van der Waals surface area contributed by atoms with Gasteiger partial charge in [-0.2, -0.15) is 0 Å². The van der Waals surface area contributed by atoms with Crippen LogP contribution in [0.25, 0.3) is 0 Å². The lowest BCUT2D eigenvalue weighted by Gasteiger charge is -2.16. The second-order valence-corrected chi connectivity index (χ2v) is 4.73. The summed E-state index contributed by atoms with van der Waals surface area (Å²) >= 11 is 3.20. The first-order chi connectivity index (χ1) is 8.58. The maximum absolute atomic E-state index is 12.1. The predicted molar refractivity (Wildman–Crippen MR) is 73.1 cm³/mol. The normalized spacial score (nSPS) is 10.3. The Balaban J connectivity index is 2.08. The van der Waals surface area contributed by atoms with Crippen LogP contribution in [0, 0.1) is 0 Å². The van der Waals surface area contributed by atoms with Crippen LogP contribution >= 0.6 is 15.9 Å². The molecule has 18 heavy (non-hydrogen) atoms.